The highest BCUT2D eigenvalue weighted by Gasteiger charge is 2.24. The van der Waals surface area contributed by atoms with E-state index >= 15 is 0 Å². The Kier molecular flexibility index (Phi) is 5.33. The number of nitrogens with zero attached hydrogens (tertiary/aromatic N) is 1. The summed E-state index contributed by atoms with van der Waals surface area (Å²) in [5.74, 6) is -0.729. The number of nitrogens with one attached hydrogen (secondary N) is 1. The van der Waals surface area contributed by atoms with Crippen LogP contribution in [0.3, 0.4) is 0 Å². The molecule has 7 nitrogen and oxygen atoms in total. The lowest BCUT2D eigenvalue weighted by Crippen LogP contribution is -2.49. The second kappa shape index (κ2) is 7.04. The van der Waals surface area contributed by atoms with Crippen molar-refractivity contribution in [3.05, 3.63) is 27.7 Å². The number of halogens is 2. The van der Waals surface area contributed by atoms with E-state index in [4.69, 9.17) is 33.0 Å². The zero-order chi connectivity index (χ0) is 16.3. The van der Waals surface area contributed by atoms with Crippen LogP contribution in [0.25, 0.3) is 0 Å². The van der Waals surface area contributed by atoms with Crippen LogP contribution in [-0.2, 0) is 4.74 Å². The minimum absolute atomic E-state index is 0.0244. The number of amides is 2. The smallest absolute Gasteiger partial charge is 0.407 e. The maximum absolute atomic E-state index is 12.0. The summed E-state index contributed by atoms with van der Waals surface area (Å²) in [4.78, 5) is 24.2. The molecule has 1 heterocycles. The van der Waals surface area contributed by atoms with Crippen LogP contribution in [0, 0.1) is 0 Å². The average Bonchev–Trinajstić information content (AvgIpc) is 2.50. The third-order valence-electron chi connectivity index (χ3n) is 3.18. The third-order valence-corrected chi connectivity index (χ3v) is 3.75. The summed E-state index contributed by atoms with van der Waals surface area (Å²) in [6.07, 6.45) is -1.44. The molecule has 1 aliphatic rings. The predicted octanol–water partition coefficient (Wildman–Crippen LogP) is 1.81. The normalized spacial score (nSPS) is 18.1. The van der Waals surface area contributed by atoms with Crippen LogP contribution in [0.4, 0.5) is 4.79 Å². The SMILES string of the molecule is O=C(NCC1CN(C(=O)O)CCO1)c1cc(Cl)c(O)c(Cl)c1. The molecule has 1 aromatic carbocycles. The highest BCUT2D eigenvalue weighted by atomic mass is 35.5. The molecule has 22 heavy (non-hydrogen) atoms. The van der Waals surface area contributed by atoms with Gasteiger partial charge in [0.05, 0.1) is 29.3 Å². The first-order chi connectivity index (χ1) is 10.4. The lowest BCUT2D eigenvalue weighted by Gasteiger charge is -2.31. The van der Waals surface area contributed by atoms with Gasteiger partial charge in [0.25, 0.3) is 5.91 Å². The number of rotatable bonds is 3. The fraction of sp³-hybridized carbons (Fsp3) is 0.385. The van der Waals surface area contributed by atoms with Gasteiger partial charge >= 0.3 is 6.09 Å². The second-order valence-electron chi connectivity index (χ2n) is 4.72. The number of carbonyl (C=O) groups excluding carboxylic acids is 1. The number of carbonyl (C=O) groups is 2. The molecule has 1 aliphatic heterocycles. The van der Waals surface area contributed by atoms with Crippen molar-refractivity contribution in [2.75, 3.05) is 26.2 Å². The summed E-state index contributed by atoms with van der Waals surface area (Å²) in [5.41, 5.74) is 0.193. The number of morpholine rings is 1. The number of phenols is 1. The molecule has 0 spiro atoms. The second-order valence-corrected chi connectivity index (χ2v) is 5.53. The van der Waals surface area contributed by atoms with Gasteiger partial charge in [-0.15, -0.1) is 0 Å². The maximum Gasteiger partial charge on any atom is 0.407 e. The molecular formula is C13H14Cl2N2O5. The number of hydrogen-bond donors (Lipinski definition) is 3. The zero-order valence-electron chi connectivity index (χ0n) is 11.4. The van der Waals surface area contributed by atoms with Crippen LogP contribution >= 0.6 is 23.2 Å². The van der Waals surface area contributed by atoms with E-state index in [0.29, 0.717) is 6.54 Å². The summed E-state index contributed by atoms with van der Waals surface area (Å²) >= 11 is 11.5. The summed E-state index contributed by atoms with van der Waals surface area (Å²) in [7, 11) is 0. The molecule has 2 amide bonds. The molecule has 0 bridgehead atoms. The molecule has 2 rings (SSSR count). The lowest BCUT2D eigenvalue weighted by atomic mass is 10.2. The van der Waals surface area contributed by atoms with Crippen LogP contribution in [0.5, 0.6) is 5.75 Å². The van der Waals surface area contributed by atoms with E-state index in [0.717, 1.165) is 0 Å². The van der Waals surface area contributed by atoms with E-state index in [2.05, 4.69) is 5.32 Å². The average molecular weight is 349 g/mol. The van der Waals surface area contributed by atoms with Crippen molar-refractivity contribution in [3.63, 3.8) is 0 Å². The molecule has 1 unspecified atom stereocenters. The Balaban J connectivity index is 1.94. The first-order valence-corrected chi connectivity index (χ1v) is 7.19. The summed E-state index contributed by atoms with van der Waals surface area (Å²) in [5, 5.41) is 20.9. The maximum atomic E-state index is 12.0. The molecule has 0 aliphatic carbocycles. The highest BCUT2D eigenvalue weighted by Crippen LogP contribution is 2.32. The Morgan fingerprint density at radius 3 is 2.59 bits per heavy atom. The monoisotopic (exact) mass is 348 g/mol. The fourth-order valence-electron chi connectivity index (χ4n) is 2.02. The van der Waals surface area contributed by atoms with Gasteiger partial charge in [-0.1, -0.05) is 23.2 Å². The minimum Gasteiger partial charge on any atom is -0.505 e. The molecular weight excluding hydrogens is 335 g/mol. The van der Waals surface area contributed by atoms with Gasteiger partial charge in [-0.3, -0.25) is 4.79 Å². The molecule has 9 heteroatoms. The summed E-state index contributed by atoms with van der Waals surface area (Å²) in [6.45, 7) is 0.929. The summed E-state index contributed by atoms with van der Waals surface area (Å²) < 4.78 is 5.40. The number of carboxylic acid groups (broad SMARTS) is 1. The highest BCUT2D eigenvalue weighted by molar-refractivity contribution is 6.37. The first kappa shape index (κ1) is 16.7. The number of ether oxygens (including phenoxy) is 1. The van der Waals surface area contributed by atoms with Gasteiger partial charge in [-0.2, -0.15) is 0 Å². The van der Waals surface area contributed by atoms with Crippen molar-refractivity contribution in [1.29, 1.82) is 0 Å². The predicted molar refractivity (Wildman–Crippen MR) is 79.8 cm³/mol. The van der Waals surface area contributed by atoms with Gasteiger partial charge in [0.15, 0.2) is 5.75 Å². The first-order valence-electron chi connectivity index (χ1n) is 6.44. The van der Waals surface area contributed by atoms with Crippen molar-refractivity contribution >= 4 is 35.2 Å². The lowest BCUT2D eigenvalue weighted by molar-refractivity contribution is -0.0199. The molecule has 1 aromatic rings. The third kappa shape index (κ3) is 3.94. The number of hydrogen-bond acceptors (Lipinski definition) is 4. The molecule has 1 fully saturated rings. The molecule has 3 N–H and O–H groups in total. The van der Waals surface area contributed by atoms with E-state index in [1.807, 2.05) is 0 Å². The van der Waals surface area contributed by atoms with Crippen LogP contribution in [0.1, 0.15) is 10.4 Å². The van der Waals surface area contributed by atoms with Crippen LogP contribution in [0.2, 0.25) is 10.0 Å². The molecule has 0 aromatic heterocycles. The Morgan fingerprint density at radius 2 is 2.00 bits per heavy atom. The number of benzene rings is 1. The van der Waals surface area contributed by atoms with Crippen LogP contribution in [0.15, 0.2) is 12.1 Å². The molecule has 0 radical (unpaired) electrons. The molecule has 1 saturated heterocycles. The van der Waals surface area contributed by atoms with Crippen LogP contribution in [-0.4, -0.2) is 59.5 Å². The Bertz CT molecular complexity index is 573. The van der Waals surface area contributed by atoms with Crippen molar-refractivity contribution in [3.8, 4) is 5.75 Å². The van der Waals surface area contributed by atoms with Crippen molar-refractivity contribution in [1.82, 2.24) is 10.2 Å². The van der Waals surface area contributed by atoms with Crippen molar-refractivity contribution in [2.45, 2.75) is 6.10 Å². The fourth-order valence-corrected chi connectivity index (χ4v) is 2.51. The van der Waals surface area contributed by atoms with Crippen LogP contribution < -0.4 is 5.32 Å². The van der Waals surface area contributed by atoms with Crippen molar-refractivity contribution in [2.24, 2.45) is 0 Å². The minimum atomic E-state index is -1.02. The quantitative estimate of drug-likeness (QED) is 0.773. The Labute approximate surface area is 136 Å². The van der Waals surface area contributed by atoms with E-state index in [9.17, 15) is 14.7 Å². The molecule has 0 saturated carbocycles. The standard InChI is InChI=1S/C13H14Cl2N2O5/c14-9-3-7(4-10(15)11(9)18)12(19)16-5-8-6-17(13(20)21)1-2-22-8/h3-4,8,18H,1-2,5-6H2,(H,16,19)(H,20,21). The largest absolute Gasteiger partial charge is 0.505 e. The van der Waals surface area contributed by atoms with Gasteiger partial charge in [0.2, 0.25) is 0 Å². The van der Waals surface area contributed by atoms with E-state index in [1.54, 1.807) is 0 Å². The van der Waals surface area contributed by atoms with E-state index < -0.39 is 18.1 Å². The van der Waals surface area contributed by atoms with E-state index in [-0.39, 0.29) is 41.1 Å². The zero-order valence-corrected chi connectivity index (χ0v) is 12.9. The molecule has 120 valence electrons. The van der Waals surface area contributed by atoms with Crippen molar-refractivity contribution < 1.29 is 24.5 Å². The van der Waals surface area contributed by atoms with Gasteiger partial charge in [-0.05, 0) is 12.1 Å². The van der Waals surface area contributed by atoms with Gasteiger partial charge in [0, 0.05) is 18.7 Å². The van der Waals surface area contributed by atoms with Gasteiger partial charge < -0.3 is 25.2 Å². The molecule has 1 atom stereocenters. The number of phenolic OH excluding ortho intramolecular Hbond substituents is 1. The van der Waals surface area contributed by atoms with Gasteiger partial charge in [-0.25, -0.2) is 4.79 Å². The van der Waals surface area contributed by atoms with E-state index in [1.165, 1.54) is 17.0 Å². The number of aromatic hydroxyl groups is 1. The Hall–Kier alpha value is -1.70. The Morgan fingerprint density at radius 1 is 1.36 bits per heavy atom. The topological polar surface area (TPSA) is 99.1 Å². The van der Waals surface area contributed by atoms with Gasteiger partial charge in [0.1, 0.15) is 0 Å². The summed E-state index contributed by atoms with van der Waals surface area (Å²) in [6, 6.07) is 2.59.